The molecule has 0 aliphatic rings. The van der Waals surface area contributed by atoms with Gasteiger partial charge in [-0.25, -0.2) is 0 Å². The Bertz CT molecular complexity index is 208. The zero-order valence-electron chi connectivity index (χ0n) is 4.66. The molecular formula is C6H5N2O. The van der Waals surface area contributed by atoms with Crippen molar-refractivity contribution in [1.29, 1.82) is 0 Å². The third kappa shape index (κ3) is 1.25. The number of carbonyl (C=O) groups excluding carboxylic acids is 1. The summed E-state index contributed by atoms with van der Waals surface area (Å²) >= 11 is 0. The van der Waals surface area contributed by atoms with E-state index in [1.54, 1.807) is 12.1 Å². The van der Waals surface area contributed by atoms with Gasteiger partial charge in [0.2, 0.25) is 0 Å². The lowest BCUT2D eigenvalue weighted by atomic mass is 10.3. The van der Waals surface area contributed by atoms with E-state index in [0.717, 1.165) is 0 Å². The summed E-state index contributed by atoms with van der Waals surface area (Å²) in [6.07, 6.45) is 1.50. The molecule has 0 aliphatic heterocycles. The number of nitrogens with zero attached hydrogens (tertiary/aromatic N) is 1. The molecule has 0 spiro atoms. The average Bonchev–Trinajstić information content (AvgIpc) is 1.90. The molecule has 0 fully saturated rings. The number of hydrogen-bond acceptors (Lipinski definition) is 2. The fourth-order valence-electron chi connectivity index (χ4n) is 0.460. The summed E-state index contributed by atoms with van der Waals surface area (Å²) in [6, 6.07) is 5.85. The Morgan fingerprint density at radius 1 is 1.78 bits per heavy atom. The molecule has 1 heterocycles. The van der Waals surface area contributed by atoms with Crippen LogP contribution in [0.2, 0.25) is 0 Å². The van der Waals surface area contributed by atoms with Crippen LogP contribution in [0.1, 0.15) is 10.5 Å². The van der Waals surface area contributed by atoms with Crippen LogP contribution in [-0.4, -0.2) is 10.9 Å². The van der Waals surface area contributed by atoms with Crippen LogP contribution < -0.4 is 5.73 Å². The van der Waals surface area contributed by atoms with E-state index in [9.17, 15) is 4.79 Å². The molecule has 0 bridgehead atoms. The van der Waals surface area contributed by atoms with E-state index in [4.69, 9.17) is 5.73 Å². The molecule has 0 unspecified atom stereocenters. The van der Waals surface area contributed by atoms with Gasteiger partial charge in [0.1, 0.15) is 5.69 Å². The monoisotopic (exact) mass is 121 g/mol. The summed E-state index contributed by atoms with van der Waals surface area (Å²) in [5.74, 6) is -0.546. The highest BCUT2D eigenvalue weighted by Gasteiger charge is 1.96. The van der Waals surface area contributed by atoms with Crippen LogP contribution in [0, 0.1) is 6.07 Å². The van der Waals surface area contributed by atoms with Gasteiger partial charge in [0, 0.05) is 12.3 Å². The summed E-state index contributed by atoms with van der Waals surface area (Å²) in [5, 5.41) is 0. The van der Waals surface area contributed by atoms with Crippen molar-refractivity contribution < 1.29 is 4.79 Å². The van der Waals surface area contributed by atoms with Gasteiger partial charge in [-0.3, -0.25) is 9.78 Å². The number of hydrogen-bond donors (Lipinski definition) is 1. The molecule has 0 atom stereocenters. The van der Waals surface area contributed by atoms with E-state index in [2.05, 4.69) is 11.1 Å². The van der Waals surface area contributed by atoms with Crippen molar-refractivity contribution in [3.63, 3.8) is 0 Å². The lowest BCUT2D eigenvalue weighted by Gasteiger charge is -1.87. The predicted octanol–water partition coefficient (Wildman–Crippen LogP) is -0.0193. The van der Waals surface area contributed by atoms with E-state index < -0.39 is 5.91 Å². The van der Waals surface area contributed by atoms with Crippen molar-refractivity contribution in [2.75, 3.05) is 0 Å². The topological polar surface area (TPSA) is 56.0 Å². The molecule has 0 aromatic carbocycles. The second kappa shape index (κ2) is 2.26. The van der Waals surface area contributed by atoms with Crippen LogP contribution >= 0.6 is 0 Å². The maximum Gasteiger partial charge on any atom is 0.267 e. The summed E-state index contributed by atoms with van der Waals surface area (Å²) in [7, 11) is 0. The molecule has 45 valence electrons. The van der Waals surface area contributed by atoms with Crippen molar-refractivity contribution in [2.24, 2.45) is 5.73 Å². The number of carbonyl (C=O) groups is 1. The number of aromatic nitrogens is 1. The van der Waals surface area contributed by atoms with Crippen LogP contribution in [0.3, 0.4) is 0 Å². The molecule has 0 saturated carbocycles. The van der Waals surface area contributed by atoms with E-state index in [1.807, 2.05) is 0 Å². The zero-order chi connectivity index (χ0) is 6.69. The minimum absolute atomic E-state index is 0.178. The van der Waals surface area contributed by atoms with Crippen LogP contribution in [-0.2, 0) is 0 Å². The second-order valence-corrected chi connectivity index (χ2v) is 1.49. The minimum atomic E-state index is -0.546. The molecule has 3 nitrogen and oxygen atoms in total. The Balaban J connectivity index is 2.98. The SMILES string of the molecule is NC(=O)c1[c]cccn1. The molecule has 2 N–H and O–H groups in total. The van der Waals surface area contributed by atoms with Crippen LogP contribution in [0.5, 0.6) is 0 Å². The molecule has 0 aliphatic carbocycles. The third-order valence-electron chi connectivity index (χ3n) is 0.839. The summed E-state index contributed by atoms with van der Waals surface area (Å²) in [4.78, 5) is 14.0. The van der Waals surface area contributed by atoms with Crippen molar-refractivity contribution in [3.05, 3.63) is 30.1 Å². The fraction of sp³-hybridized carbons (Fsp3) is 0. The van der Waals surface area contributed by atoms with E-state index in [-0.39, 0.29) is 5.69 Å². The van der Waals surface area contributed by atoms with Gasteiger partial charge in [0.05, 0.1) is 0 Å². The maximum atomic E-state index is 10.3. The fourth-order valence-corrected chi connectivity index (χ4v) is 0.460. The van der Waals surface area contributed by atoms with Crippen LogP contribution in [0.25, 0.3) is 0 Å². The zero-order valence-corrected chi connectivity index (χ0v) is 4.66. The van der Waals surface area contributed by atoms with Crippen molar-refractivity contribution in [2.45, 2.75) is 0 Å². The smallest absolute Gasteiger partial charge is 0.267 e. The molecule has 0 saturated heterocycles. The molecule has 1 aromatic rings. The normalized spacial score (nSPS) is 8.89. The Hall–Kier alpha value is -1.38. The summed E-state index contributed by atoms with van der Waals surface area (Å²) in [6.45, 7) is 0. The summed E-state index contributed by atoms with van der Waals surface area (Å²) < 4.78 is 0. The first-order valence-corrected chi connectivity index (χ1v) is 2.43. The number of primary amides is 1. The molecule has 3 heteroatoms. The molecule has 9 heavy (non-hydrogen) atoms. The van der Waals surface area contributed by atoms with Crippen LogP contribution in [0.15, 0.2) is 18.3 Å². The Kier molecular flexibility index (Phi) is 1.44. The van der Waals surface area contributed by atoms with Crippen molar-refractivity contribution >= 4 is 5.91 Å². The highest BCUT2D eigenvalue weighted by Crippen LogP contribution is 1.87. The van der Waals surface area contributed by atoms with Gasteiger partial charge in [-0.15, -0.1) is 0 Å². The first kappa shape index (κ1) is 5.75. The molecule has 1 radical (unpaired) electrons. The highest BCUT2D eigenvalue weighted by molar-refractivity contribution is 5.90. The Morgan fingerprint density at radius 2 is 2.56 bits per heavy atom. The van der Waals surface area contributed by atoms with E-state index in [0.29, 0.717) is 0 Å². The Morgan fingerprint density at radius 3 is 2.89 bits per heavy atom. The first-order valence-electron chi connectivity index (χ1n) is 2.43. The lowest BCUT2D eigenvalue weighted by molar-refractivity contribution is 0.0995. The van der Waals surface area contributed by atoms with Gasteiger partial charge in [-0.2, -0.15) is 0 Å². The van der Waals surface area contributed by atoms with Gasteiger partial charge in [0.25, 0.3) is 5.91 Å². The minimum Gasteiger partial charge on any atom is -0.364 e. The van der Waals surface area contributed by atoms with Crippen molar-refractivity contribution in [3.8, 4) is 0 Å². The second-order valence-electron chi connectivity index (χ2n) is 1.49. The lowest BCUT2D eigenvalue weighted by Crippen LogP contribution is -2.12. The van der Waals surface area contributed by atoms with E-state index >= 15 is 0 Å². The van der Waals surface area contributed by atoms with Gasteiger partial charge < -0.3 is 5.73 Å². The number of nitrogens with two attached hydrogens (primary N) is 1. The average molecular weight is 121 g/mol. The quantitative estimate of drug-likeness (QED) is 0.567. The number of amides is 1. The van der Waals surface area contributed by atoms with Gasteiger partial charge in [-0.05, 0) is 6.07 Å². The Labute approximate surface area is 52.5 Å². The standard InChI is InChI=1S/C6H5N2O/c7-6(9)5-3-1-2-4-8-5/h1-2,4H,(H2,7,9). The van der Waals surface area contributed by atoms with Gasteiger partial charge >= 0.3 is 0 Å². The van der Waals surface area contributed by atoms with Gasteiger partial charge in [-0.1, -0.05) is 6.07 Å². The van der Waals surface area contributed by atoms with Crippen LogP contribution in [0.4, 0.5) is 0 Å². The first-order chi connectivity index (χ1) is 4.30. The maximum absolute atomic E-state index is 10.3. The summed E-state index contributed by atoms with van der Waals surface area (Å²) in [5.41, 5.74) is 5.06. The molecule has 1 aromatic heterocycles. The van der Waals surface area contributed by atoms with Gasteiger partial charge in [0.15, 0.2) is 0 Å². The van der Waals surface area contributed by atoms with E-state index in [1.165, 1.54) is 6.20 Å². The number of pyridine rings is 1. The van der Waals surface area contributed by atoms with Crippen molar-refractivity contribution in [1.82, 2.24) is 4.98 Å². The predicted molar refractivity (Wildman–Crippen MR) is 31.6 cm³/mol. The molecular weight excluding hydrogens is 116 g/mol. The third-order valence-corrected chi connectivity index (χ3v) is 0.839. The largest absolute Gasteiger partial charge is 0.364 e. The molecule has 1 amide bonds. The number of rotatable bonds is 1. The molecule has 1 rings (SSSR count). The highest BCUT2D eigenvalue weighted by atomic mass is 16.1.